The molecule has 6 nitrogen and oxygen atoms in total. The number of rotatable bonds is 3. The maximum Gasteiger partial charge on any atom is 0.258 e. The van der Waals surface area contributed by atoms with Crippen LogP contribution in [-0.4, -0.2) is 25.8 Å². The van der Waals surface area contributed by atoms with Gasteiger partial charge in [0, 0.05) is 52.4 Å². The van der Waals surface area contributed by atoms with Gasteiger partial charge in [0.1, 0.15) is 5.82 Å². The number of anilines is 1. The lowest BCUT2D eigenvalue weighted by Crippen LogP contribution is -2.31. The van der Waals surface area contributed by atoms with Gasteiger partial charge in [-0.15, -0.1) is 0 Å². The molecule has 1 unspecified atom stereocenters. The molecule has 0 aliphatic carbocycles. The number of nitrogens with one attached hydrogen (secondary N) is 2. The van der Waals surface area contributed by atoms with Crippen LogP contribution in [0.15, 0.2) is 41.6 Å². The maximum absolute atomic E-state index is 12.8. The number of aromatic amines is 1. The summed E-state index contributed by atoms with van der Waals surface area (Å²) in [6.07, 6.45) is 5.37. The molecule has 0 bridgehead atoms. The fourth-order valence-corrected chi connectivity index (χ4v) is 3.47. The van der Waals surface area contributed by atoms with E-state index in [1.807, 2.05) is 31.4 Å². The normalized spacial score (nSPS) is 13.2. The molecule has 4 rings (SSSR count). The molecule has 3 heterocycles. The third-order valence-electron chi connectivity index (χ3n) is 5.46. The standard InChI is InChI=1S/C22H24ClN5O/c1-12(22(2,3)4)26-20-15-7-6-14(23)8-16(15)18-19(27-20)17(10-24-21(18)29)13-9-25-28(5)11-13/h6-12H,1-5H3,(H,24,29)(H,26,27). The molecule has 0 fully saturated rings. The van der Waals surface area contributed by atoms with E-state index in [0.717, 1.165) is 27.7 Å². The highest BCUT2D eigenvalue weighted by Gasteiger charge is 2.22. The number of pyridine rings is 2. The van der Waals surface area contributed by atoms with Crippen molar-refractivity contribution in [1.29, 1.82) is 0 Å². The summed E-state index contributed by atoms with van der Waals surface area (Å²) in [5.41, 5.74) is 2.18. The lowest BCUT2D eigenvalue weighted by atomic mass is 9.88. The average Bonchev–Trinajstić information content (AvgIpc) is 3.07. The Morgan fingerprint density at radius 2 is 2.00 bits per heavy atom. The zero-order chi connectivity index (χ0) is 20.9. The smallest absolute Gasteiger partial charge is 0.258 e. The summed E-state index contributed by atoms with van der Waals surface area (Å²) in [5, 5.41) is 10.6. The number of nitrogens with zero attached hydrogens (tertiary/aromatic N) is 3. The Balaban J connectivity index is 2.08. The van der Waals surface area contributed by atoms with Crippen LogP contribution < -0.4 is 10.9 Å². The van der Waals surface area contributed by atoms with Gasteiger partial charge in [-0.1, -0.05) is 32.4 Å². The van der Waals surface area contributed by atoms with Gasteiger partial charge in [-0.25, -0.2) is 4.98 Å². The minimum Gasteiger partial charge on any atom is -0.367 e. The molecule has 2 N–H and O–H groups in total. The Kier molecular flexibility index (Phi) is 4.62. The number of fused-ring (bicyclic) bond motifs is 3. The van der Waals surface area contributed by atoms with Crippen molar-refractivity contribution in [2.24, 2.45) is 12.5 Å². The SMILES string of the molecule is CC(Nc1nc2c(-c3cnn(C)c3)c[nH]c(=O)c2c2cc(Cl)ccc12)C(C)(C)C. The third-order valence-corrected chi connectivity index (χ3v) is 5.70. The van der Waals surface area contributed by atoms with Crippen LogP contribution in [0, 0.1) is 5.41 Å². The number of H-pyrrole nitrogens is 1. The molecule has 0 aliphatic rings. The van der Waals surface area contributed by atoms with Gasteiger partial charge in [0.25, 0.3) is 5.56 Å². The van der Waals surface area contributed by atoms with E-state index in [-0.39, 0.29) is 17.0 Å². The number of benzene rings is 1. The summed E-state index contributed by atoms with van der Waals surface area (Å²) < 4.78 is 1.73. The molecule has 0 aliphatic heterocycles. The van der Waals surface area contributed by atoms with Crippen molar-refractivity contribution in [3.63, 3.8) is 0 Å². The summed E-state index contributed by atoms with van der Waals surface area (Å²) in [4.78, 5) is 20.6. The molecule has 1 aromatic carbocycles. The van der Waals surface area contributed by atoms with E-state index in [4.69, 9.17) is 16.6 Å². The molecular formula is C22H24ClN5O. The molecule has 1 atom stereocenters. The second-order valence-electron chi connectivity index (χ2n) is 8.54. The molecule has 150 valence electrons. The van der Waals surface area contributed by atoms with Crippen LogP contribution in [0.2, 0.25) is 5.02 Å². The van der Waals surface area contributed by atoms with E-state index in [1.165, 1.54) is 0 Å². The Labute approximate surface area is 173 Å². The molecule has 0 spiro atoms. The van der Waals surface area contributed by atoms with Gasteiger partial charge in [-0.3, -0.25) is 9.48 Å². The molecule has 4 aromatic rings. The van der Waals surface area contributed by atoms with E-state index in [2.05, 4.69) is 43.1 Å². The monoisotopic (exact) mass is 409 g/mol. The predicted octanol–water partition coefficient (Wildman–Crippen LogP) is 4.98. The highest BCUT2D eigenvalue weighted by molar-refractivity contribution is 6.32. The molecule has 7 heteroatoms. The number of hydrogen-bond acceptors (Lipinski definition) is 4. The molecule has 0 saturated heterocycles. The van der Waals surface area contributed by atoms with E-state index < -0.39 is 0 Å². The summed E-state index contributed by atoms with van der Waals surface area (Å²) >= 11 is 6.30. The molecule has 3 aromatic heterocycles. The molecule has 0 saturated carbocycles. The Bertz CT molecular complexity index is 1280. The van der Waals surface area contributed by atoms with Crippen LogP contribution in [0.4, 0.5) is 5.82 Å². The van der Waals surface area contributed by atoms with Crippen molar-refractivity contribution >= 4 is 39.1 Å². The van der Waals surface area contributed by atoms with Gasteiger partial charge in [0.2, 0.25) is 0 Å². The van der Waals surface area contributed by atoms with Crippen LogP contribution in [0.1, 0.15) is 27.7 Å². The van der Waals surface area contributed by atoms with Crippen molar-refractivity contribution in [3.8, 4) is 11.1 Å². The van der Waals surface area contributed by atoms with Crippen molar-refractivity contribution in [2.75, 3.05) is 5.32 Å². The van der Waals surface area contributed by atoms with E-state index in [0.29, 0.717) is 15.9 Å². The fourth-order valence-electron chi connectivity index (χ4n) is 3.30. The summed E-state index contributed by atoms with van der Waals surface area (Å²) in [6.45, 7) is 8.66. The maximum atomic E-state index is 12.8. The zero-order valence-corrected chi connectivity index (χ0v) is 17.9. The quantitative estimate of drug-likeness (QED) is 0.468. The molecule has 29 heavy (non-hydrogen) atoms. The second-order valence-corrected chi connectivity index (χ2v) is 8.98. The minimum atomic E-state index is -0.192. The van der Waals surface area contributed by atoms with Gasteiger partial charge < -0.3 is 10.3 Å². The summed E-state index contributed by atoms with van der Waals surface area (Å²) in [7, 11) is 1.86. The lowest BCUT2D eigenvalue weighted by Gasteiger charge is -2.29. The first kappa shape index (κ1) is 19.5. The first-order valence-electron chi connectivity index (χ1n) is 9.55. The van der Waals surface area contributed by atoms with Gasteiger partial charge >= 0.3 is 0 Å². The van der Waals surface area contributed by atoms with Crippen molar-refractivity contribution in [1.82, 2.24) is 19.7 Å². The van der Waals surface area contributed by atoms with Gasteiger partial charge in [-0.2, -0.15) is 5.10 Å². The largest absolute Gasteiger partial charge is 0.367 e. The van der Waals surface area contributed by atoms with Crippen LogP contribution in [0.5, 0.6) is 0 Å². The van der Waals surface area contributed by atoms with E-state index in [9.17, 15) is 4.79 Å². The number of aryl methyl sites for hydroxylation is 1. The molecule has 0 amide bonds. The van der Waals surface area contributed by atoms with Crippen molar-refractivity contribution in [3.05, 3.63) is 52.2 Å². The summed E-state index contributed by atoms with van der Waals surface area (Å²) in [6, 6.07) is 5.73. The van der Waals surface area contributed by atoms with Crippen LogP contribution in [0.25, 0.3) is 32.8 Å². The first-order valence-corrected chi connectivity index (χ1v) is 9.93. The average molecular weight is 410 g/mol. The molecule has 0 radical (unpaired) electrons. The van der Waals surface area contributed by atoms with Crippen LogP contribution in [-0.2, 0) is 7.05 Å². The Morgan fingerprint density at radius 3 is 2.66 bits per heavy atom. The van der Waals surface area contributed by atoms with E-state index in [1.54, 1.807) is 17.1 Å². The second kappa shape index (κ2) is 6.88. The minimum absolute atomic E-state index is 0.0374. The Morgan fingerprint density at radius 1 is 1.24 bits per heavy atom. The van der Waals surface area contributed by atoms with Gasteiger partial charge in [0.15, 0.2) is 0 Å². The van der Waals surface area contributed by atoms with E-state index >= 15 is 0 Å². The number of hydrogen-bond donors (Lipinski definition) is 2. The highest BCUT2D eigenvalue weighted by atomic mass is 35.5. The predicted molar refractivity (Wildman–Crippen MR) is 120 cm³/mol. The lowest BCUT2D eigenvalue weighted by molar-refractivity contribution is 0.359. The van der Waals surface area contributed by atoms with Gasteiger partial charge in [0.05, 0.1) is 17.1 Å². The highest BCUT2D eigenvalue weighted by Crippen LogP contribution is 2.35. The molecular weight excluding hydrogens is 386 g/mol. The van der Waals surface area contributed by atoms with Crippen LogP contribution in [0.3, 0.4) is 0 Å². The third kappa shape index (κ3) is 3.49. The topological polar surface area (TPSA) is 75.6 Å². The number of halogens is 1. The Hall–Kier alpha value is -2.86. The number of aromatic nitrogens is 4. The zero-order valence-electron chi connectivity index (χ0n) is 17.2. The van der Waals surface area contributed by atoms with Crippen molar-refractivity contribution in [2.45, 2.75) is 33.7 Å². The van der Waals surface area contributed by atoms with Crippen LogP contribution >= 0.6 is 11.6 Å². The fraction of sp³-hybridized carbons (Fsp3) is 0.318. The first-order chi connectivity index (χ1) is 13.6. The summed E-state index contributed by atoms with van der Waals surface area (Å²) in [5.74, 6) is 0.738. The van der Waals surface area contributed by atoms with Gasteiger partial charge in [-0.05, 0) is 30.5 Å². The van der Waals surface area contributed by atoms with Crippen molar-refractivity contribution < 1.29 is 0 Å².